The standard InChI is InChI=1S/C7H15N3O2S/c1-13-7-6-12-5-4-11-3-2-9-10-8/h2-7H2,1H3. The zero-order chi connectivity index (χ0) is 9.78. The normalized spacial score (nSPS) is 9.62. The van der Waals surface area contributed by atoms with Crippen molar-refractivity contribution in [1.29, 1.82) is 0 Å². The molecule has 0 radical (unpaired) electrons. The summed E-state index contributed by atoms with van der Waals surface area (Å²) in [6.07, 6.45) is 2.04. The van der Waals surface area contributed by atoms with Crippen LogP contribution in [0.15, 0.2) is 5.11 Å². The Labute approximate surface area is 82.4 Å². The van der Waals surface area contributed by atoms with Crippen LogP contribution in [-0.4, -0.2) is 45.0 Å². The zero-order valence-corrected chi connectivity index (χ0v) is 8.63. The van der Waals surface area contributed by atoms with Crippen LogP contribution in [-0.2, 0) is 9.47 Å². The molecule has 0 unspecified atom stereocenters. The van der Waals surface area contributed by atoms with E-state index in [1.807, 2.05) is 6.26 Å². The van der Waals surface area contributed by atoms with Gasteiger partial charge in [0.2, 0.25) is 0 Å². The molecule has 76 valence electrons. The van der Waals surface area contributed by atoms with Gasteiger partial charge in [0.1, 0.15) is 0 Å². The molecule has 0 aromatic heterocycles. The molecule has 0 aliphatic heterocycles. The second-order valence-corrected chi connectivity index (χ2v) is 3.16. The van der Waals surface area contributed by atoms with E-state index in [4.69, 9.17) is 15.0 Å². The number of hydrogen-bond donors (Lipinski definition) is 0. The largest absolute Gasteiger partial charge is 0.379 e. The smallest absolute Gasteiger partial charge is 0.0700 e. The number of thioether (sulfide) groups is 1. The van der Waals surface area contributed by atoms with E-state index in [9.17, 15) is 0 Å². The van der Waals surface area contributed by atoms with E-state index in [-0.39, 0.29) is 0 Å². The molecule has 0 saturated heterocycles. The van der Waals surface area contributed by atoms with Crippen LogP contribution in [0.2, 0.25) is 0 Å². The van der Waals surface area contributed by atoms with Gasteiger partial charge >= 0.3 is 0 Å². The van der Waals surface area contributed by atoms with Gasteiger partial charge in [-0.25, -0.2) is 0 Å². The maximum Gasteiger partial charge on any atom is 0.0700 e. The summed E-state index contributed by atoms with van der Waals surface area (Å²) in [7, 11) is 0. The maximum absolute atomic E-state index is 7.94. The summed E-state index contributed by atoms with van der Waals surface area (Å²) in [4.78, 5) is 2.60. The molecule has 13 heavy (non-hydrogen) atoms. The van der Waals surface area contributed by atoms with E-state index in [0.717, 1.165) is 12.4 Å². The predicted octanol–water partition coefficient (Wildman–Crippen LogP) is 1.69. The average molecular weight is 205 g/mol. The topological polar surface area (TPSA) is 67.2 Å². The SMILES string of the molecule is CSCCOCCOCCN=[N+]=[N-]. The van der Waals surface area contributed by atoms with Gasteiger partial charge in [0, 0.05) is 17.2 Å². The summed E-state index contributed by atoms with van der Waals surface area (Å²) < 4.78 is 10.4. The van der Waals surface area contributed by atoms with Gasteiger partial charge in [0.05, 0.1) is 26.4 Å². The molecule has 0 amide bonds. The van der Waals surface area contributed by atoms with Crippen molar-refractivity contribution in [3.63, 3.8) is 0 Å². The van der Waals surface area contributed by atoms with Crippen molar-refractivity contribution in [2.45, 2.75) is 0 Å². The first-order chi connectivity index (χ1) is 6.41. The highest BCUT2D eigenvalue weighted by molar-refractivity contribution is 7.98. The molecule has 0 aromatic rings. The molecule has 0 saturated carbocycles. The number of ether oxygens (including phenoxy) is 2. The van der Waals surface area contributed by atoms with Crippen molar-refractivity contribution < 1.29 is 9.47 Å². The Bertz CT molecular complexity index is 151. The Kier molecular flexibility index (Phi) is 11.2. The third-order valence-corrected chi connectivity index (χ3v) is 1.78. The number of nitrogens with zero attached hydrogens (tertiary/aromatic N) is 3. The van der Waals surface area contributed by atoms with Gasteiger partial charge < -0.3 is 9.47 Å². The number of hydrogen-bond acceptors (Lipinski definition) is 4. The molecule has 0 aliphatic carbocycles. The van der Waals surface area contributed by atoms with Gasteiger partial charge in [-0.05, 0) is 11.8 Å². The van der Waals surface area contributed by atoms with Crippen molar-refractivity contribution in [2.75, 3.05) is 45.0 Å². The zero-order valence-electron chi connectivity index (χ0n) is 7.81. The second kappa shape index (κ2) is 11.6. The summed E-state index contributed by atoms with van der Waals surface area (Å²) in [5.74, 6) is 1.01. The van der Waals surface area contributed by atoms with Gasteiger partial charge in [0.15, 0.2) is 0 Å². The Morgan fingerprint density at radius 1 is 1.23 bits per heavy atom. The van der Waals surface area contributed by atoms with Crippen molar-refractivity contribution >= 4 is 11.8 Å². The fourth-order valence-electron chi connectivity index (χ4n) is 0.614. The van der Waals surface area contributed by atoms with Crippen LogP contribution >= 0.6 is 11.8 Å². The minimum absolute atomic E-state index is 0.390. The fourth-order valence-corrected chi connectivity index (χ4v) is 0.899. The summed E-state index contributed by atoms with van der Waals surface area (Å²) in [6.45, 7) is 2.80. The molecular formula is C7H15N3O2S. The van der Waals surface area contributed by atoms with E-state index in [2.05, 4.69) is 10.0 Å². The van der Waals surface area contributed by atoms with Crippen LogP contribution in [0, 0.1) is 0 Å². The molecule has 0 N–H and O–H groups in total. The molecule has 0 fully saturated rings. The summed E-state index contributed by atoms with van der Waals surface area (Å²) >= 11 is 1.76. The lowest BCUT2D eigenvalue weighted by Crippen LogP contribution is -2.08. The maximum atomic E-state index is 7.94. The molecule has 0 aliphatic rings. The van der Waals surface area contributed by atoms with Crippen LogP contribution in [0.3, 0.4) is 0 Å². The van der Waals surface area contributed by atoms with Crippen LogP contribution < -0.4 is 0 Å². The van der Waals surface area contributed by atoms with Crippen LogP contribution in [0.4, 0.5) is 0 Å². The molecular weight excluding hydrogens is 190 g/mol. The molecule has 0 heterocycles. The van der Waals surface area contributed by atoms with E-state index in [1.54, 1.807) is 11.8 Å². The monoisotopic (exact) mass is 205 g/mol. The van der Waals surface area contributed by atoms with Crippen LogP contribution in [0.1, 0.15) is 0 Å². The number of azide groups is 1. The van der Waals surface area contributed by atoms with Gasteiger partial charge in [0.25, 0.3) is 0 Å². The lowest BCUT2D eigenvalue weighted by molar-refractivity contribution is 0.0571. The van der Waals surface area contributed by atoms with Crippen LogP contribution in [0.5, 0.6) is 0 Å². The fraction of sp³-hybridized carbons (Fsp3) is 1.00. The Balaban J connectivity index is 2.87. The van der Waals surface area contributed by atoms with Crippen LogP contribution in [0.25, 0.3) is 10.4 Å². The lowest BCUT2D eigenvalue weighted by Gasteiger charge is -2.03. The molecule has 0 bridgehead atoms. The van der Waals surface area contributed by atoms with E-state index >= 15 is 0 Å². The lowest BCUT2D eigenvalue weighted by atomic mass is 10.7. The molecule has 0 rings (SSSR count). The highest BCUT2D eigenvalue weighted by Gasteiger charge is 1.88. The van der Waals surface area contributed by atoms with Crippen molar-refractivity contribution in [1.82, 2.24) is 0 Å². The quantitative estimate of drug-likeness (QED) is 0.249. The van der Waals surface area contributed by atoms with Crippen molar-refractivity contribution in [3.8, 4) is 0 Å². The number of rotatable bonds is 9. The van der Waals surface area contributed by atoms with E-state index < -0.39 is 0 Å². The first-order valence-corrected chi connectivity index (χ1v) is 5.46. The average Bonchev–Trinajstić information content (AvgIpc) is 2.16. The highest BCUT2D eigenvalue weighted by atomic mass is 32.2. The molecule has 0 spiro atoms. The second-order valence-electron chi connectivity index (χ2n) is 2.17. The van der Waals surface area contributed by atoms with Gasteiger partial charge in [-0.3, -0.25) is 0 Å². The predicted molar refractivity (Wildman–Crippen MR) is 54.0 cm³/mol. The Morgan fingerprint density at radius 2 is 1.92 bits per heavy atom. The third kappa shape index (κ3) is 11.6. The first kappa shape index (κ1) is 12.6. The summed E-state index contributed by atoms with van der Waals surface area (Å²) in [5, 5.41) is 3.33. The molecule has 0 aromatic carbocycles. The molecule has 6 heteroatoms. The first-order valence-electron chi connectivity index (χ1n) is 4.07. The minimum Gasteiger partial charge on any atom is -0.379 e. The van der Waals surface area contributed by atoms with Gasteiger partial charge in [-0.1, -0.05) is 5.11 Å². The van der Waals surface area contributed by atoms with Crippen molar-refractivity contribution in [3.05, 3.63) is 10.4 Å². The Morgan fingerprint density at radius 3 is 2.54 bits per heavy atom. The minimum atomic E-state index is 0.390. The molecule has 5 nitrogen and oxygen atoms in total. The molecule has 0 atom stereocenters. The van der Waals surface area contributed by atoms with Gasteiger partial charge in [-0.15, -0.1) is 0 Å². The summed E-state index contributed by atoms with van der Waals surface area (Å²) in [6, 6.07) is 0. The van der Waals surface area contributed by atoms with E-state index in [1.165, 1.54) is 0 Å². The van der Waals surface area contributed by atoms with Gasteiger partial charge in [-0.2, -0.15) is 11.8 Å². The highest BCUT2D eigenvalue weighted by Crippen LogP contribution is 1.90. The summed E-state index contributed by atoms with van der Waals surface area (Å²) in [5.41, 5.74) is 7.94. The van der Waals surface area contributed by atoms with Crippen molar-refractivity contribution in [2.24, 2.45) is 5.11 Å². The third-order valence-electron chi connectivity index (χ3n) is 1.20. The Hall–Kier alpha value is -0.420. The van der Waals surface area contributed by atoms with E-state index in [0.29, 0.717) is 26.4 Å².